The van der Waals surface area contributed by atoms with E-state index in [2.05, 4.69) is 20.2 Å². The Morgan fingerprint density at radius 2 is 1.88 bits per heavy atom. The zero-order valence-electron chi connectivity index (χ0n) is 13.4. The van der Waals surface area contributed by atoms with Gasteiger partial charge in [-0.1, -0.05) is 36.4 Å². The fourth-order valence-electron chi connectivity index (χ4n) is 2.84. The van der Waals surface area contributed by atoms with Crippen molar-refractivity contribution in [3.8, 4) is 17.0 Å². The van der Waals surface area contributed by atoms with E-state index >= 15 is 0 Å². The summed E-state index contributed by atoms with van der Waals surface area (Å²) in [6, 6.07) is 15.2. The highest BCUT2D eigenvalue weighted by Crippen LogP contribution is 2.28. The van der Waals surface area contributed by atoms with Crippen LogP contribution in [0.2, 0.25) is 0 Å². The Morgan fingerprint density at radius 1 is 1.04 bits per heavy atom. The molecule has 0 fully saturated rings. The van der Waals surface area contributed by atoms with Crippen molar-refractivity contribution in [2.75, 3.05) is 0 Å². The van der Waals surface area contributed by atoms with Gasteiger partial charge in [0.25, 0.3) is 0 Å². The zero-order chi connectivity index (χ0) is 17.2. The van der Waals surface area contributed by atoms with E-state index in [1.54, 1.807) is 12.4 Å². The van der Waals surface area contributed by atoms with Crippen molar-refractivity contribution in [1.29, 1.82) is 0 Å². The third kappa shape index (κ3) is 3.07. The molecule has 0 unspecified atom stereocenters. The first kappa shape index (κ1) is 15.3. The van der Waals surface area contributed by atoms with Gasteiger partial charge in [-0.3, -0.25) is 5.10 Å². The Labute approximate surface area is 144 Å². The molecule has 0 aliphatic heterocycles. The molecule has 2 aromatic carbocycles. The number of hydrogen-bond acceptors (Lipinski definition) is 5. The summed E-state index contributed by atoms with van der Waals surface area (Å²) in [6.45, 7) is 0. The molecule has 0 amide bonds. The summed E-state index contributed by atoms with van der Waals surface area (Å²) >= 11 is 0. The quantitative estimate of drug-likeness (QED) is 0.534. The Bertz CT molecular complexity index is 999. The van der Waals surface area contributed by atoms with Gasteiger partial charge < -0.3 is 10.8 Å². The van der Waals surface area contributed by atoms with Gasteiger partial charge in [-0.25, -0.2) is 4.98 Å². The van der Waals surface area contributed by atoms with Crippen LogP contribution in [0.4, 0.5) is 0 Å². The molecule has 0 aliphatic rings. The Kier molecular flexibility index (Phi) is 3.87. The summed E-state index contributed by atoms with van der Waals surface area (Å²) in [6.07, 6.45) is 4.13. The van der Waals surface area contributed by atoms with Crippen molar-refractivity contribution in [2.24, 2.45) is 5.73 Å². The number of aromatic nitrogens is 4. The molecule has 0 saturated carbocycles. The minimum Gasteiger partial charge on any atom is -0.493 e. The van der Waals surface area contributed by atoms with Crippen molar-refractivity contribution >= 4 is 10.9 Å². The molecule has 0 radical (unpaired) electrons. The second-order valence-electron chi connectivity index (χ2n) is 5.92. The standard InChI is InChI=1S/C19H17N5O/c20-16(8-12-4-2-1-3-5-12)18-23-17-7-6-13(14-10-21-22-11-14)9-15(17)19(25)24-18/h1-7,9-11,16H,8,20H2,(H,21,22)(H,23,24,25)/t16-/m0/s1. The maximum Gasteiger partial charge on any atom is 0.222 e. The normalized spacial score (nSPS) is 12.4. The van der Waals surface area contributed by atoms with Crippen LogP contribution >= 0.6 is 0 Å². The summed E-state index contributed by atoms with van der Waals surface area (Å²) in [5.41, 5.74) is 9.88. The molecule has 6 heteroatoms. The topological polar surface area (TPSA) is 101 Å². The van der Waals surface area contributed by atoms with Crippen LogP contribution in [0.25, 0.3) is 22.0 Å². The predicted molar refractivity (Wildman–Crippen MR) is 95.9 cm³/mol. The minimum absolute atomic E-state index is 0.0612. The summed E-state index contributed by atoms with van der Waals surface area (Å²) in [5.74, 6) is 0.374. The molecule has 1 atom stereocenters. The number of aromatic hydroxyl groups is 1. The number of benzene rings is 2. The van der Waals surface area contributed by atoms with Crippen molar-refractivity contribution in [3.05, 3.63) is 72.3 Å². The first-order valence-corrected chi connectivity index (χ1v) is 8.00. The molecule has 4 N–H and O–H groups in total. The lowest BCUT2D eigenvalue weighted by Crippen LogP contribution is -2.16. The molecule has 4 rings (SSSR count). The summed E-state index contributed by atoms with van der Waals surface area (Å²) in [5, 5.41) is 17.7. The van der Waals surface area contributed by atoms with Crippen molar-refractivity contribution in [1.82, 2.24) is 20.2 Å². The largest absolute Gasteiger partial charge is 0.493 e. The van der Waals surface area contributed by atoms with Crippen LogP contribution in [0, 0.1) is 0 Å². The van der Waals surface area contributed by atoms with Crippen molar-refractivity contribution < 1.29 is 5.11 Å². The Morgan fingerprint density at radius 3 is 2.64 bits per heavy atom. The van der Waals surface area contributed by atoms with Gasteiger partial charge in [0.1, 0.15) is 5.82 Å². The van der Waals surface area contributed by atoms with Crippen LogP contribution in [0.1, 0.15) is 17.4 Å². The predicted octanol–water partition coefficient (Wildman–Crippen LogP) is 2.97. The van der Waals surface area contributed by atoms with E-state index in [0.29, 0.717) is 23.1 Å². The lowest BCUT2D eigenvalue weighted by atomic mass is 10.0. The second-order valence-corrected chi connectivity index (χ2v) is 5.92. The zero-order valence-corrected chi connectivity index (χ0v) is 13.4. The van der Waals surface area contributed by atoms with Crippen LogP contribution in [0.15, 0.2) is 60.9 Å². The highest BCUT2D eigenvalue weighted by Gasteiger charge is 2.15. The Balaban J connectivity index is 1.68. The number of H-pyrrole nitrogens is 1. The molecule has 124 valence electrons. The van der Waals surface area contributed by atoms with Crippen LogP contribution in [-0.4, -0.2) is 25.3 Å². The molecule has 0 saturated heterocycles. The maximum absolute atomic E-state index is 10.4. The molecular formula is C19H17N5O. The van der Waals surface area contributed by atoms with Crippen LogP contribution in [0.3, 0.4) is 0 Å². The van der Waals surface area contributed by atoms with Crippen LogP contribution in [0.5, 0.6) is 5.88 Å². The molecule has 4 aromatic rings. The van der Waals surface area contributed by atoms with Gasteiger partial charge in [0, 0.05) is 11.8 Å². The highest BCUT2D eigenvalue weighted by molar-refractivity contribution is 5.87. The molecule has 6 nitrogen and oxygen atoms in total. The first-order valence-electron chi connectivity index (χ1n) is 8.00. The maximum atomic E-state index is 10.4. The SMILES string of the molecule is N[C@@H](Cc1ccccc1)c1nc(O)c2cc(-c3cn[nH]c3)ccc2n1. The van der Waals surface area contributed by atoms with Gasteiger partial charge in [-0.2, -0.15) is 10.1 Å². The van der Waals surface area contributed by atoms with E-state index in [1.807, 2.05) is 48.5 Å². The van der Waals surface area contributed by atoms with E-state index < -0.39 is 0 Å². The van der Waals surface area contributed by atoms with Gasteiger partial charge in [0.2, 0.25) is 5.88 Å². The molecule has 25 heavy (non-hydrogen) atoms. The van der Waals surface area contributed by atoms with Crippen LogP contribution < -0.4 is 5.73 Å². The van der Waals surface area contributed by atoms with E-state index in [4.69, 9.17) is 5.73 Å². The third-order valence-corrected chi connectivity index (χ3v) is 4.15. The second kappa shape index (κ2) is 6.33. The fraction of sp³-hybridized carbons (Fsp3) is 0.105. The van der Waals surface area contributed by atoms with E-state index in [9.17, 15) is 5.11 Å². The van der Waals surface area contributed by atoms with Crippen molar-refractivity contribution in [2.45, 2.75) is 12.5 Å². The molecule has 0 spiro atoms. The van der Waals surface area contributed by atoms with Gasteiger partial charge >= 0.3 is 0 Å². The highest BCUT2D eigenvalue weighted by atomic mass is 16.3. The minimum atomic E-state index is -0.383. The summed E-state index contributed by atoms with van der Waals surface area (Å²) < 4.78 is 0. The average Bonchev–Trinajstić information content (AvgIpc) is 3.17. The van der Waals surface area contributed by atoms with Gasteiger partial charge in [0.05, 0.1) is 23.1 Å². The Hall–Kier alpha value is -3.25. The lowest BCUT2D eigenvalue weighted by Gasteiger charge is -2.12. The molecule has 2 heterocycles. The fourth-order valence-corrected chi connectivity index (χ4v) is 2.84. The van der Waals surface area contributed by atoms with E-state index in [0.717, 1.165) is 16.7 Å². The number of nitrogens with two attached hydrogens (primary N) is 1. The van der Waals surface area contributed by atoms with E-state index in [1.165, 1.54) is 0 Å². The third-order valence-electron chi connectivity index (χ3n) is 4.15. The van der Waals surface area contributed by atoms with Gasteiger partial charge in [-0.05, 0) is 29.7 Å². The summed E-state index contributed by atoms with van der Waals surface area (Å²) in [7, 11) is 0. The van der Waals surface area contributed by atoms with Crippen LogP contribution in [-0.2, 0) is 6.42 Å². The first-order chi connectivity index (χ1) is 12.2. The number of nitrogens with one attached hydrogen (secondary N) is 1. The molecule has 2 aromatic heterocycles. The lowest BCUT2D eigenvalue weighted by molar-refractivity contribution is 0.453. The average molecular weight is 331 g/mol. The van der Waals surface area contributed by atoms with Gasteiger partial charge in [0.15, 0.2) is 0 Å². The number of rotatable bonds is 4. The number of nitrogens with zero attached hydrogens (tertiary/aromatic N) is 3. The van der Waals surface area contributed by atoms with Crippen molar-refractivity contribution in [3.63, 3.8) is 0 Å². The molecule has 0 bridgehead atoms. The number of fused-ring (bicyclic) bond motifs is 1. The number of aromatic amines is 1. The number of hydrogen-bond donors (Lipinski definition) is 3. The molecule has 0 aliphatic carbocycles. The summed E-state index contributed by atoms with van der Waals surface area (Å²) in [4.78, 5) is 8.75. The molecular weight excluding hydrogens is 314 g/mol. The monoisotopic (exact) mass is 331 g/mol. The smallest absolute Gasteiger partial charge is 0.222 e. The van der Waals surface area contributed by atoms with Gasteiger partial charge in [-0.15, -0.1) is 0 Å². The van der Waals surface area contributed by atoms with E-state index in [-0.39, 0.29) is 11.9 Å².